The summed E-state index contributed by atoms with van der Waals surface area (Å²) >= 11 is 0. The van der Waals surface area contributed by atoms with Crippen molar-refractivity contribution >= 4 is 11.6 Å². The van der Waals surface area contributed by atoms with Crippen LogP contribution in [0.15, 0.2) is 24.3 Å². The Morgan fingerprint density at radius 1 is 1.41 bits per heavy atom. The van der Waals surface area contributed by atoms with Gasteiger partial charge in [0.2, 0.25) is 0 Å². The number of nitrogens with zero attached hydrogens (tertiary/aromatic N) is 1. The number of benzene rings is 1. The number of carbonyl (C=O) groups is 1. The van der Waals surface area contributed by atoms with Crippen molar-refractivity contribution in [2.75, 3.05) is 26.5 Å². The Bertz CT molecular complexity index is 377. The summed E-state index contributed by atoms with van der Waals surface area (Å²) in [6, 6.07) is 7.78. The number of nitrogens with one attached hydrogen (secondary N) is 1. The lowest BCUT2D eigenvalue weighted by Gasteiger charge is -2.16. The number of hydrogen-bond donors (Lipinski definition) is 1. The van der Waals surface area contributed by atoms with Crippen LogP contribution in [-0.2, 0) is 16.1 Å². The first-order valence-electron chi connectivity index (χ1n) is 5.61. The van der Waals surface area contributed by atoms with E-state index in [2.05, 4.69) is 10.2 Å². The fourth-order valence-corrected chi connectivity index (χ4v) is 1.46. The number of anilines is 1. The lowest BCUT2D eigenvalue weighted by molar-refractivity contribution is -0.124. The number of amides is 1. The van der Waals surface area contributed by atoms with Crippen molar-refractivity contribution in [2.45, 2.75) is 19.6 Å². The molecule has 0 saturated carbocycles. The third-order valence-electron chi connectivity index (χ3n) is 2.48. The van der Waals surface area contributed by atoms with Gasteiger partial charge < -0.3 is 15.0 Å². The highest BCUT2D eigenvalue weighted by Crippen LogP contribution is 2.16. The molecule has 0 aromatic heterocycles. The highest BCUT2D eigenvalue weighted by Gasteiger charge is 2.13. The first-order valence-corrected chi connectivity index (χ1v) is 5.61. The summed E-state index contributed by atoms with van der Waals surface area (Å²) in [4.78, 5) is 13.8. The summed E-state index contributed by atoms with van der Waals surface area (Å²) in [5.41, 5.74) is 1.93. The van der Waals surface area contributed by atoms with Gasteiger partial charge in [-0.05, 0) is 32.6 Å². The standard InChI is InChI=1S/C13H20N2O2/c1-10(17-4)13(16)14-12-8-6-5-7-11(12)9-15(2)3/h5-8,10H,9H2,1-4H3,(H,14,16). The van der Waals surface area contributed by atoms with Crippen LogP contribution >= 0.6 is 0 Å². The van der Waals surface area contributed by atoms with Gasteiger partial charge in [0.15, 0.2) is 0 Å². The summed E-state index contributed by atoms with van der Waals surface area (Å²) in [6.45, 7) is 2.52. The minimum Gasteiger partial charge on any atom is -0.372 e. The van der Waals surface area contributed by atoms with Gasteiger partial charge in [-0.1, -0.05) is 18.2 Å². The second kappa shape index (κ2) is 6.37. The van der Waals surface area contributed by atoms with Crippen LogP contribution in [0, 0.1) is 0 Å². The van der Waals surface area contributed by atoms with Gasteiger partial charge in [-0.15, -0.1) is 0 Å². The number of hydrogen-bond acceptors (Lipinski definition) is 3. The van der Waals surface area contributed by atoms with E-state index in [1.165, 1.54) is 7.11 Å². The van der Waals surface area contributed by atoms with E-state index < -0.39 is 6.10 Å². The molecular formula is C13H20N2O2. The molecule has 0 bridgehead atoms. The Morgan fingerprint density at radius 3 is 2.65 bits per heavy atom. The maximum absolute atomic E-state index is 11.7. The van der Waals surface area contributed by atoms with Crippen LogP contribution in [-0.4, -0.2) is 38.1 Å². The first kappa shape index (κ1) is 13.7. The van der Waals surface area contributed by atoms with Gasteiger partial charge in [-0.2, -0.15) is 0 Å². The van der Waals surface area contributed by atoms with Gasteiger partial charge in [0, 0.05) is 19.3 Å². The van der Waals surface area contributed by atoms with Crippen LogP contribution in [0.2, 0.25) is 0 Å². The zero-order valence-corrected chi connectivity index (χ0v) is 10.9. The third-order valence-corrected chi connectivity index (χ3v) is 2.48. The molecule has 4 nitrogen and oxygen atoms in total. The van der Waals surface area contributed by atoms with Gasteiger partial charge >= 0.3 is 0 Å². The Morgan fingerprint density at radius 2 is 2.06 bits per heavy atom. The molecule has 0 saturated heterocycles. The van der Waals surface area contributed by atoms with E-state index in [9.17, 15) is 4.79 Å². The van der Waals surface area contributed by atoms with Gasteiger partial charge in [-0.3, -0.25) is 4.79 Å². The van der Waals surface area contributed by atoms with Crippen LogP contribution in [0.5, 0.6) is 0 Å². The fraction of sp³-hybridized carbons (Fsp3) is 0.462. The van der Waals surface area contributed by atoms with Crippen LogP contribution in [0.25, 0.3) is 0 Å². The number of carbonyl (C=O) groups excluding carboxylic acids is 1. The smallest absolute Gasteiger partial charge is 0.253 e. The van der Waals surface area contributed by atoms with Crippen molar-refractivity contribution in [3.05, 3.63) is 29.8 Å². The van der Waals surface area contributed by atoms with E-state index in [0.29, 0.717) is 0 Å². The average molecular weight is 236 g/mol. The average Bonchev–Trinajstić information content (AvgIpc) is 2.29. The summed E-state index contributed by atoms with van der Waals surface area (Å²) in [5, 5.41) is 2.88. The molecule has 4 heteroatoms. The highest BCUT2D eigenvalue weighted by atomic mass is 16.5. The van der Waals surface area contributed by atoms with Crippen LogP contribution < -0.4 is 5.32 Å². The molecule has 1 unspecified atom stereocenters. The maximum Gasteiger partial charge on any atom is 0.253 e. The topological polar surface area (TPSA) is 41.6 Å². The molecule has 0 radical (unpaired) electrons. The monoisotopic (exact) mass is 236 g/mol. The Balaban J connectivity index is 2.79. The fourth-order valence-electron chi connectivity index (χ4n) is 1.46. The summed E-state index contributed by atoms with van der Waals surface area (Å²) in [6.07, 6.45) is -0.442. The van der Waals surface area contributed by atoms with Crippen molar-refractivity contribution < 1.29 is 9.53 Å². The van der Waals surface area contributed by atoms with Crippen molar-refractivity contribution in [1.29, 1.82) is 0 Å². The maximum atomic E-state index is 11.7. The molecule has 1 N–H and O–H groups in total. The van der Waals surface area contributed by atoms with E-state index >= 15 is 0 Å². The predicted octanol–water partition coefficient (Wildman–Crippen LogP) is 1.72. The number of rotatable bonds is 5. The Hall–Kier alpha value is -1.39. The zero-order valence-electron chi connectivity index (χ0n) is 10.9. The van der Waals surface area contributed by atoms with Crippen LogP contribution in [0.4, 0.5) is 5.69 Å². The second-order valence-electron chi connectivity index (χ2n) is 4.26. The predicted molar refractivity (Wildman–Crippen MR) is 68.9 cm³/mol. The number of ether oxygens (including phenoxy) is 1. The molecule has 94 valence electrons. The van der Waals surface area contributed by atoms with Gasteiger partial charge in [0.1, 0.15) is 6.10 Å². The molecule has 0 spiro atoms. The molecule has 1 aromatic carbocycles. The van der Waals surface area contributed by atoms with Crippen LogP contribution in [0.1, 0.15) is 12.5 Å². The van der Waals surface area contributed by atoms with E-state index in [-0.39, 0.29) is 5.91 Å². The van der Waals surface area contributed by atoms with Crippen molar-refractivity contribution in [1.82, 2.24) is 4.90 Å². The zero-order chi connectivity index (χ0) is 12.8. The molecule has 0 fully saturated rings. The van der Waals surface area contributed by atoms with Gasteiger partial charge in [0.05, 0.1) is 0 Å². The normalized spacial score (nSPS) is 12.5. The number of methoxy groups -OCH3 is 1. The SMILES string of the molecule is COC(C)C(=O)Nc1ccccc1CN(C)C. The molecule has 1 rings (SSSR count). The third kappa shape index (κ3) is 4.17. The molecule has 17 heavy (non-hydrogen) atoms. The van der Waals surface area contributed by atoms with E-state index in [1.54, 1.807) is 6.92 Å². The van der Waals surface area contributed by atoms with E-state index in [1.807, 2.05) is 38.4 Å². The minimum absolute atomic E-state index is 0.126. The molecule has 1 aromatic rings. The highest BCUT2D eigenvalue weighted by molar-refractivity contribution is 5.94. The van der Waals surface area contributed by atoms with Crippen molar-refractivity contribution in [3.8, 4) is 0 Å². The van der Waals surface area contributed by atoms with Gasteiger partial charge in [0.25, 0.3) is 5.91 Å². The van der Waals surface area contributed by atoms with Crippen molar-refractivity contribution in [2.24, 2.45) is 0 Å². The Labute approximate surface area is 103 Å². The molecule has 0 aliphatic rings. The quantitative estimate of drug-likeness (QED) is 0.846. The largest absolute Gasteiger partial charge is 0.372 e. The molecule has 0 aliphatic carbocycles. The molecular weight excluding hydrogens is 216 g/mol. The summed E-state index contributed by atoms with van der Waals surface area (Å²) < 4.78 is 4.98. The van der Waals surface area contributed by atoms with E-state index in [4.69, 9.17) is 4.74 Å². The number of para-hydroxylation sites is 1. The van der Waals surface area contributed by atoms with Crippen molar-refractivity contribution in [3.63, 3.8) is 0 Å². The molecule has 1 atom stereocenters. The molecule has 0 aliphatic heterocycles. The van der Waals surface area contributed by atoms with Crippen LogP contribution in [0.3, 0.4) is 0 Å². The van der Waals surface area contributed by atoms with Gasteiger partial charge in [-0.25, -0.2) is 0 Å². The second-order valence-corrected chi connectivity index (χ2v) is 4.26. The minimum atomic E-state index is -0.442. The Kier molecular flexibility index (Phi) is 5.12. The molecule has 1 amide bonds. The summed E-state index contributed by atoms with van der Waals surface area (Å²) in [7, 11) is 5.52. The first-order chi connectivity index (χ1) is 8.04. The van der Waals surface area contributed by atoms with E-state index in [0.717, 1.165) is 17.8 Å². The molecule has 0 heterocycles. The summed E-state index contributed by atoms with van der Waals surface area (Å²) in [5.74, 6) is -0.126. The lowest BCUT2D eigenvalue weighted by atomic mass is 10.1. The lowest BCUT2D eigenvalue weighted by Crippen LogP contribution is -2.27.